The molecular formula is C30H22N2S. The molecule has 0 aliphatic heterocycles. The van der Waals surface area contributed by atoms with Crippen molar-refractivity contribution in [2.75, 3.05) is 6.54 Å². The van der Waals surface area contributed by atoms with Gasteiger partial charge in [0, 0.05) is 33.0 Å². The van der Waals surface area contributed by atoms with Crippen LogP contribution in [0, 0.1) is 17.9 Å². The fourth-order valence-corrected chi connectivity index (χ4v) is 5.40. The topological polar surface area (TPSA) is 28.1 Å². The SMILES string of the molecule is [C-]#[N+]CCc1cccc(-c2ccc3sc4ccc(-c5cccc(CCC#N)c5)cc4c3c2)c1. The van der Waals surface area contributed by atoms with Crippen molar-refractivity contribution in [3.63, 3.8) is 0 Å². The van der Waals surface area contributed by atoms with Gasteiger partial charge in [-0.15, -0.1) is 11.3 Å². The van der Waals surface area contributed by atoms with Crippen molar-refractivity contribution >= 4 is 31.5 Å². The van der Waals surface area contributed by atoms with Gasteiger partial charge in [0.1, 0.15) is 0 Å². The van der Waals surface area contributed by atoms with Crippen molar-refractivity contribution in [3.05, 3.63) is 107 Å². The summed E-state index contributed by atoms with van der Waals surface area (Å²) in [5, 5.41) is 11.5. The molecule has 0 N–H and O–H groups in total. The predicted octanol–water partition coefficient (Wildman–Crippen LogP) is 8.31. The van der Waals surface area contributed by atoms with Crippen LogP contribution in [0.1, 0.15) is 17.5 Å². The Morgan fingerprint density at radius 2 is 1.24 bits per heavy atom. The zero-order valence-electron chi connectivity index (χ0n) is 18.2. The Balaban J connectivity index is 1.56. The molecule has 158 valence electrons. The summed E-state index contributed by atoms with van der Waals surface area (Å²) >= 11 is 1.83. The van der Waals surface area contributed by atoms with E-state index in [1.54, 1.807) is 0 Å². The van der Waals surface area contributed by atoms with E-state index in [-0.39, 0.29) is 0 Å². The standard InChI is InChI=1S/C30H22N2S/c1-32-16-14-22-6-3-9-24(18-22)26-11-13-30-28(20-26)27-19-25(10-12-29(27)33-30)23-8-2-5-21(17-23)7-4-15-31/h2-3,5-6,8-13,17-20H,4,7,14,16H2. The Hall–Kier alpha value is -3.92. The third kappa shape index (κ3) is 4.37. The summed E-state index contributed by atoms with van der Waals surface area (Å²) in [6.45, 7) is 7.58. The highest BCUT2D eigenvalue weighted by molar-refractivity contribution is 7.25. The maximum atomic E-state index is 8.91. The van der Waals surface area contributed by atoms with Crippen molar-refractivity contribution in [1.82, 2.24) is 0 Å². The average Bonchev–Trinajstić information content (AvgIpc) is 3.23. The number of fused-ring (bicyclic) bond motifs is 3. The maximum Gasteiger partial charge on any atom is 0.218 e. The molecule has 0 saturated heterocycles. The molecule has 0 atom stereocenters. The van der Waals surface area contributed by atoms with E-state index in [1.165, 1.54) is 53.6 Å². The third-order valence-corrected chi connectivity index (χ3v) is 7.18. The van der Waals surface area contributed by atoms with Crippen LogP contribution < -0.4 is 0 Å². The Morgan fingerprint density at radius 3 is 1.79 bits per heavy atom. The summed E-state index contributed by atoms with van der Waals surface area (Å²) < 4.78 is 2.58. The number of benzene rings is 4. The van der Waals surface area contributed by atoms with E-state index in [9.17, 15) is 0 Å². The van der Waals surface area contributed by atoms with Crippen LogP contribution in [-0.4, -0.2) is 6.54 Å². The molecule has 3 heteroatoms. The lowest BCUT2D eigenvalue weighted by Crippen LogP contribution is -1.88. The molecule has 0 aliphatic rings. The molecule has 1 heterocycles. The number of rotatable bonds is 6. The molecule has 0 spiro atoms. The van der Waals surface area contributed by atoms with Crippen molar-refractivity contribution < 1.29 is 0 Å². The first kappa shape index (κ1) is 21.0. The molecule has 4 aromatic carbocycles. The fourth-order valence-electron chi connectivity index (χ4n) is 4.33. The molecule has 0 aliphatic carbocycles. The molecule has 2 nitrogen and oxygen atoms in total. The molecule has 0 saturated carbocycles. The van der Waals surface area contributed by atoms with E-state index in [2.05, 4.69) is 95.8 Å². The van der Waals surface area contributed by atoms with Crippen LogP contribution in [-0.2, 0) is 12.8 Å². The van der Waals surface area contributed by atoms with Gasteiger partial charge in [-0.25, -0.2) is 6.57 Å². The maximum absolute atomic E-state index is 8.91. The molecular weight excluding hydrogens is 420 g/mol. The minimum absolute atomic E-state index is 0.526. The number of hydrogen-bond donors (Lipinski definition) is 0. The van der Waals surface area contributed by atoms with Crippen molar-refractivity contribution in [2.24, 2.45) is 0 Å². The Bertz CT molecular complexity index is 1430. The second-order valence-corrected chi connectivity index (χ2v) is 9.30. The Labute approximate surface area is 198 Å². The minimum atomic E-state index is 0.526. The van der Waals surface area contributed by atoms with Gasteiger partial charge in [-0.05, 0) is 64.1 Å². The Morgan fingerprint density at radius 1 is 0.697 bits per heavy atom. The van der Waals surface area contributed by atoms with Gasteiger partial charge >= 0.3 is 0 Å². The van der Waals surface area contributed by atoms with Crippen molar-refractivity contribution in [2.45, 2.75) is 19.3 Å². The van der Waals surface area contributed by atoms with Gasteiger partial charge in [-0.2, -0.15) is 5.26 Å². The van der Waals surface area contributed by atoms with E-state index in [1.807, 2.05) is 11.3 Å². The highest BCUT2D eigenvalue weighted by Crippen LogP contribution is 2.38. The molecule has 0 fully saturated rings. The number of aryl methyl sites for hydroxylation is 1. The van der Waals surface area contributed by atoms with E-state index in [4.69, 9.17) is 11.8 Å². The van der Waals surface area contributed by atoms with Gasteiger partial charge in [0.05, 0.1) is 6.07 Å². The lowest BCUT2D eigenvalue weighted by Gasteiger charge is -2.06. The molecule has 5 rings (SSSR count). The fraction of sp³-hybridized carbons (Fsp3) is 0.133. The normalized spacial score (nSPS) is 10.8. The van der Waals surface area contributed by atoms with Crippen LogP contribution in [0.3, 0.4) is 0 Å². The number of nitriles is 1. The zero-order valence-corrected chi connectivity index (χ0v) is 19.0. The summed E-state index contributed by atoms with van der Waals surface area (Å²) in [6.07, 6.45) is 2.11. The molecule has 0 radical (unpaired) electrons. The average molecular weight is 443 g/mol. The summed E-state index contributed by atoms with van der Waals surface area (Å²) in [5.74, 6) is 0. The smallest absolute Gasteiger partial charge is 0.218 e. The van der Waals surface area contributed by atoms with E-state index in [0.717, 1.165) is 12.8 Å². The van der Waals surface area contributed by atoms with Crippen LogP contribution in [0.2, 0.25) is 0 Å². The van der Waals surface area contributed by atoms with E-state index < -0.39 is 0 Å². The molecule has 5 aromatic rings. The predicted molar refractivity (Wildman–Crippen MR) is 139 cm³/mol. The van der Waals surface area contributed by atoms with Crippen LogP contribution in [0.15, 0.2) is 84.9 Å². The van der Waals surface area contributed by atoms with Gasteiger partial charge in [-0.3, -0.25) is 0 Å². The first-order valence-corrected chi connectivity index (χ1v) is 11.9. The van der Waals surface area contributed by atoms with Crippen LogP contribution in [0.5, 0.6) is 0 Å². The quantitative estimate of drug-likeness (QED) is 0.243. The molecule has 0 bridgehead atoms. The summed E-state index contributed by atoms with van der Waals surface area (Å²) in [4.78, 5) is 3.49. The minimum Gasteiger partial charge on any atom is -0.317 e. The van der Waals surface area contributed by atoms with Gasteiger partial charge in [-0.1, -0.05) is 60.7 Å². The highest BCUT2D eigenvalue weighted by Gasteiger charge is 2.10. The van der Waals surface area contributed by atoms with Gasteiger partial charge in [0.15, 0.2) is 0 Å². The van der Waals surface area contributed by atoms with Gasteiger partial charge in [0.25, 0.3) is 0 Å². The molecule has 0 unspecified atom stereocenters. The second kappa shape index (κ2) is 9.29. The highest BCUT2D eigenvalue weighted by atomic mass is 32.1. The van der Waals surface area contributed by atoms with Crippen LogP contribution in [0.4, 0.5) is 0 Å². The second-order valence-electron chi connectivity index (χ2n) is 8.21. The van der Waals surface area contributed by atoms with Crippen LogP contribution in [0.25, 0.3) is 47.3 Å². The van der Waals surface area contributed by atoms with E-state index in [0.29, 0.717) is 13.0 Å². The molecule has 33 heavy (non-hydrogen) atoms. The monoisotopic (exact) mass is 442 g/mol. The van der Waals surface area contributed by atoms with E-state index >= 15 is 0 Å². The largest absolute Gasteiger partial charge is 0.317 e. The molecule has 1 aromatic heterocycles. The number of thiophene rings is 1. The summed E-state index contributed by atoms with van der Waals surface area (Å²) in [7, 11) is 0. The number of hydrogen-bond acceptors (Lipinski definition) is 2. The van der Waals surface area contributed by atoms with Crippen molar-refractivity contribution in [3.8, 4) is 28.3 Å². The summed E-state index contributed by atoms with van der Waals surface area (Å²) in [6, 6.07) is 32.7. The lowest BCUT2D eigenvalue weighted by atomic mass is 9.98. The van der Waals surface area contributed by atoms with Gasteiger partial charge < -0.3 is 4.85 Å². The first-order valence-electron chi connectivity index (χ1n) is 11.1. The van der Waals surface area contributed by atoms with Gasteiger partial charge in [0.2, 0.25) is 6.54 Å². The van der Waals surface area contributed by atoms with Crippen molar-refractivity contribution in [1.29, 1.82) is 5.26 Å². The summed E-state index contributed by atoms with van der Waals surface area (Å²) in [5.41, 5.74) is 7.20. The van der Waals surface area contributed by atoms with Crippen LogP contribution >= 0.6 is 11.3 Å². The first-order chi connectivity index (χ1) is 16.2. The molecule has 0 amide bonds. The lowest BCUT2D eigenvalue weighted by molar-refractivity contribution is 1.01. The number of nitrogens with zero attached hydrogens (tertiary/aromatic N) is 2. The third-order valence-electron chi connectivity index (χ3n) is 6.03. The zero-order chi connectivity index (χ0) is 22.6. The Kier molecular flexibility index (Phi) is 5.90.